The molecule has 2 aromatic rings. The number of hydrogen-bond donors (Lipinski definition) is 2. The van der Waals surface area contributed by atoms with Gasteiger partial charge in [-0.3, -0.25) is 0 Å². The Kier molecular flexibility index (Phi) is 3.04. The summed E-state index contributed by atoms with van der Waals surface area (Å²) in [5, 5.41) is 19.0. The topological polar surface area (TPSA) is 110 Å². The van der Waals surface area contributed by atoms with Crippen LogP contribution in [0.5, 0.6) is 0 Å². The molecule has 7 nitrogen and oxygen atoms in total. The Hall–Kier alpha value is -2.17. The fraction of sp³-hybridized carbons (Fsp3) is 0.462. The molecule has 1 saturated heterocycles. The average Bonchev–Trinajstić information content (AvgIpc) is 3.00. The van der Waals surface area contributed by atoms with E-state index in [1.165, 1.54) is 6.33 Å². The standard InChI is InChI=1S/C13H15N5O2/c1-7-2-9(5-19)20-13(7)18-4-8(3-14)10-11(15)16-6-17-12(10)18/h4,6-7,9,13,19H,2,5H2,1H3,(H2,15,16,17)/t7-,9-,13+/m0/s1. The van der Waals surface area contributed by atoms with Crippen LogP contribution in [0.4, 0.5) is 5.82 Å². The predicted molar refractivity (Wildman–Crippen MR) is 71.4 cm³/mol. The van der Waals surface area contributed by atoms with E-state index >= 15 is 0 Å². The van der Waals surface area contributed by atoms with E-state index in [4.69, 9.17) is 10.5 Å². The van der Waals surface area contributed by atoms with Gasteiger partial charge in [0, 0.05) is 12.1 Å². The second kappa shape index (κ2) is 4.74. The first-order valence-electron chi connectivity index (χ1n) is 6.43. The summed E-state index contributed by atoms with van der Waals surface area (Å²) in [6.45, 7) is 2.03. The molecule has 0 radical (unpaired) electrons. The third kappa shape index (κ3) is 1.81. The van der Waals surface area contributed by atoms with Crippen molar-refractivity contribution in [2.45, 2.75) is 25.7 Å². The molecule has 0 amide bonds. The van der Waals surface area contributed by atoms with Gasteiger partial charge in [0.15, 0.2) is 0 Å². The number of anilines is 1. The highest BCUT2D eigenvalue weighted by Crippen LogP contribution is 2.37. The zero-order valence-corrected chi connectivity index (χ0v) is 11.0. The van der Waals surface area contributed by atoms with Gasteiger partial charge in [-0.25, -0.2) is 9.97 Å². The van der Waals surface area contributed by atoms with Crippen molar-refractivity contribution in [3.05, 3.63) is 18.1 Å². The van der Waals surface area contributed by atoms with Gasteiger partial charge in [-0.1, -0.05) is 6.92 Å². The maximum Gasteiger partial charge on any atom is 0.148 e. The smallest absolute Gasteiger partial charge is 0.148 e. The highest BCUT2D eigenvalue weighted by Gasteiger charge is 2.34. The summed E-state index contributed by atoms with van der Waals surface area (Å²) < 4.78 is 7.63. The Balaban J connectivity index is 2.14. The summed E-state index contributed by atoms with van der Waals surface area (Å²) in [5.74, 6) is 0.500. The molecule has 1 aliphatic rings. The number of nitrogen functional groups attached to an aromatic ring is 1. The number of aliphatic hydroxyl groups excluding tert-OH is 1. The number of hydrogen-bond acceptors (Lipinski definition) is 6. The van der Waals surface area contributed by atoms with Crippen molar-refractivity contribution in [1.29, 1.82) is 5.26 Å². The maximum absolute atomic E-state index is 9.23. The summed E-state index contributed by atoms with van der Waals surface area (Å²) >= 11 is 0. The first-order valence-corrected chi connectivity index (χ1v) is 6.43. The molecule has 1 fully saturated rings. The molecule has 3 heterocycles. The van der Waals surface area contributed by atoms with E-state index in [0.29, 0.717) is 16.6 Å². The van der Waals surface area contributed by atoms with Crippen LogP contribution in [0.3, 0.4) is 0 Å². The van der Waals surface area contributed by atoms with Crippen LogP contribution in [-0.2, 0) is 4.74 Å². The predicted octanol–water partition coefficient (Wildman–Crippen LogP) is 0.801. The van der Waals surface area contributed by atoms with E-state index in [1.54, 1.807) is 6.20 Å². The third-order valence-corrected chi connectivity index (χ3v) is 3.69. The van der Waals surface area contributed by atoms with Crippen LogP contribution in [0, 0.1) is 17.2 Å². The van der Waals surface area contributed by atoms with Gasteiger partial charge in [-0.05, 0) is 6.42 Å². The van der Waals surface area contributed by atoms with Crippen LogP contribution in [-0.4, -0.2) is 32.4 Å². The van der Waals surface area contributed by atoms with E-state index < -0.39 is 0 Å². The Morgan fingerprint density at radius 3 is 3.05 bits per heavy atom. The Labute approximate surface area is 115 Å². The first-order chi connectivity index (χ1) is 9.65. The molecule has 0 bridgehead atoms. The summed E-state index contributed by atoms with van der Waals surface area (Å²) in [6.07, 6.45) is 3.39. The summed E-state index contributed by atoms with van der Waals surface area (Å²) in [6, 6.07) is 2.11. The molecule has 7 heteroatoms. The van der Waals surface area contributed by atoms with Crippen molar-refractivity contribution in [1.82, 2.24) is 14.5 Å². The number of fused-ring (bicyclic) bond motifs is 1. The molecule has 0 spiro atoms. The van der Waals surface area contributed by atoms with Crippen molar-refractivity contribution in [2.75, 3.05) is 12.3 Å². The van der Waals surface area contributed by atoms with Crippen LogP contribution in [0.25, 0.3) is 11.0 Å². The lowest BCUT2D eigenvalue weighted by atomic mass is 10.1. The lowest BCUT2D eigenvalue weighted by Crippen LogP contribution is -2.15. The Bertz CT molecular complexity index is 690. The van der Waals surface area contributed by atoms with E-state index in [-0.39, 0.29) is 30.7 Å². The Morgan fingerprint density at radius 1 is 1.60 bits per heavy atom. The van der Waals surface area contributed by atoms with E-state index in [0.717, 1.165) is 6.42 Å². The van der Waals surface area contributed by atoms with Gasteiger partial charge in [0.25, 0.3) is 0 Å². The molecule has 3 atom stereocenters. The number of nitriles is 1. The number of aliphatic hydroxyl groups is 1. The van der Waals surface area contributed by atoms with Crippen LogP contribution >= 0.6 is 0 Å². The fourth-order valence-electron chi connectivity index (χ4n) is 2.76. The minimum atomic E-state index is -0.258. The molecule has 20 heavy (non-hydrogen) atoms. The van der Waals surface area contributed by atoms with Gasteiger partial charge in [-0.15, -0.1) is 0 Å². The number of aromatic nitrogens is 3. The van der Waals surface area contributed by atoms with Gasteiger partial charge in [0.05, 0.1) is 23.7 Å². The van der Waals surface area contributed by atoms with Crippen molar-refractivity contribution in [3.63, 3.8) is 0 Å². The molecular weight excluding hydrogens is 258 g/mol. The molecule has 1 aliphatic heterocycles. The van der Waals surface area contributed by atoms with Gasteiger partial charge in [0.2, 0.25) is 0 Å². The number of nitrogens with zero attached hydrogens (tertiary/aromatic N) is 4. The summed E-state index contributed by atoms with van der Waals surface area (Å²) in [5.41, 5.74) is 6.86. The molecule has 0 unspecified atom stereocenters. The van der Waals surface area contributed by atoms with Crippen LogP contribution in [0.2, 0.25) is 0 Å². The zero-order chi connectivity index (χ0) is 14.3. The zero-order valence-electron chi connectivity index (χ0n) is 11.0. The lowest BCUT2D eigenvalue weighted by Gasteiger charge is -2.17. The second-order valence-corrected chi connectivity index (χ2v) is 5.06. The molecule has 2 aromatic heterocycles. The first kappa shape index (κ1) is 12.8. The molecular formula is C13H15N5O2. The van der Waals surface area contributed by atoms with Crippen LogP contribution in [0.15, 0.2) is 12.5 Å². The highest BCUT2D eigenvalue weighted by molar-refractivity contribution is 5.91. The third-order valence-electron chi connectivity index (χ3n) is 3.69. The average molecular weight is 273 g/mol. The normalized spacial score (nSPS) is 25.9. The summed E-state index contributed by atoms with van der Waals surface area (Å²) in [4.78, 5) is 8.15. The molecule has 0 saturated carbocycles. The molecule has 3 N–H and O–H groups in total. The van der Waals surface area contributed by atoms with E-state index in [1.807, 2.05) is 11.5 Å². The van der Waals surface area contributed by atoms with Crippen LogP contribution in [0.1, 0.15) is 25.1 Å². The van der Waals surface area contributed by atoms with Gasteiger partial charge in [-0.2, -0.15) is 5.26 Å². The van der Waals surface area contributed by atoms with Crippen molar-refractivity contribution >= 4 is 16.9 Å². The monoisotopic (exact) mass is 273 g/mol. The largest absolute Gasteiger partial charge is 0.394 e. The van der Waals surface area contributed by atoms with E-state index in [9.17, 15) is 10.4 Å². The quantitative estimate of drug-likeness (QED) is 0.837. The molecule has 0 aliphatic carbocycles. The maximum atomic E-state index is 9.23. The van der Waals surface area contributed by atoms with Gasteiger partial charge >= 0.3 is 0 Å². The van der Waals surface area contributed by atoms with Crippen LogP contribution < -0.4 is 5.73 Å². The SMILES string of the molecule is C[C@H]1C[C@@H](CO)O[C@H]1n1cc(C#N)c2c(N)ncnc21. The summed E-state index contributed by atoms with van der Waals surface area (Å²) in [7, 11) is 0. The minimum absolute atomic E-state index is 0.0116. The minimum Gasteiger partial charge on any atom is -0.394 e. The number of ether oxygens (including phenoxy) is 1. The number of rotatable bonds is 2. The molecule has 3 rings (SSSR count). The molecule has 0 aromatic carbocycles. The van der Waals surface area contributed by atoms with Crippen molar-refractivity contribution in [2.24, 2.45) is 5.92 Å². The lowest BCUT2D eigenvalue weighted by molar-refractivity contribution is -0.0291. The second-order valence-electron chi connectivity index (χ2n) is 5.06. The van der Waals surface area contributed by atoms with E-state index in [2.05, 4.69) is 16.0 Å². The number of nitrogens with two attached hydrogens (primary N) is 1. The Morgan fingerprint density at radius 2 is 2.40 bits per heavy atom. The van der Waals surface area contributed by atoms with Gasteiger partial charge < -0.3 is 20.1 Å². The molecule has 104 valence electrons. The highest BCUT2D eigenvalue weighted by atomic mass is 16.5. The van der Waals surface area contributed by atoms with Crippen molar-refractivity contribution in [3.8, 4) is 6.07 Å². The fourth-order valence-corrected chi connectivity index (χ4v) is 2.76. The van der Waals surface area contributed by atoms with Gasteiger partial charge in [0.1, 0.15) is 30.1 Å². The van der Waals surface area contributed by atoms with Crippen molar-refractivity contribution < 1.29 is 9.84 Å².